The van der Waals surface area contributed by atoms with Gasteiger partial charge in [-0.2, -0.15) is 0 Å². The minimum absolute atomic E-state index is 0.0169. The fourth-order valence-corrected chi connectivity index (χ4v) is 3.11. The molecule has 0 fully saturated rings. The topological polar surface area (TPSA) is 90.0 Å². The van der Waals surface area contributed by atoms with Crippen LogP contribution in [-0.4, -0.2) is 20.6 Å². The number of nitrogens with zero attached hydrogens (tertiary/aromatic N) is 3. The van der Waals surface area contributed by atoms with Crippen molar-refractivity contribution in [3.8, 4) is 11.3 Å². The summed E-state index contributed by atoms with van der Waals surface area (Å²) in [7, 11) is 0. The van der Waals surface area contributed by atoms with Crippen molar-refractivity contribution in [3.63, 3.8) is 0 Å². The van der Waals surface area contributed by atoms with Crippen molar-refractivity contribution in [1.82, 2.24) is 14.7 Å². The lowest BCUT2D eigenvalue weighted by atomic mass is 10.1. The zero-order valence-electron chi connectivity index (χ0n) is 16.3. The molecule has 1 amide bonds. The highest BCUT2D eigenvalue weighted by molar-refractivity contribution is 5.90. The molecule has 0 atom stereocenters. The van der Waals surface area contributed by atoms with Crippen molar-refractivity contribution in [2.24, 2.45) is 0 Å². The number of nitrogens with one attached hydrogen (secondary N) is 1. The summed E-state index contributed by atoms with van der Waals surface area (Å²) in [5.74, 6) is -0.786. The second-order valence-corrected chi connectivity index (χ2v) is 6.81. The van der Waals surface area contributed by atoms with E-state index < -0.39 is 11.4 Å². The predicted octanol–water partition coefficient (Wildman–Crippen LogP) is 3.78. The Bertz CT molecular complexity index is 1260. The zero-order valence-corrected chi connectivity index (χ0v) is 16.3. The van der Waals surface area contributed by atoms with E-state index in [9.17, 15) is 14.0 Å². The molecular weight excluding hydrogens is 387 g/mol. The van der Waals surface area contributed by atoms with E-state index in [1.54, 1.807) is 6.07 Å². The molecule has 0 aliphatic heterocycles. The van der Waals surface area contributed by atoms with E-state index >= 15 is 0 Å². The predicted molar refractivity (Wildman–Crippen MR) is 111 cm³/mol. The lowest BCUT2D eigenvalue weighted by Crippen LogP contribution is -2.23. The number of fused-ring (bicyclic) bond motifs is 1. The van der Waals surface area contributed by atoms with Crippen LogP contribution in [0.5, 0.6) is 0 Å². The highest BCUT2D eigenvalue weighted by atomic mass is 19.1. The van der Waals surface area contributed by atoms with Crippen molar-refractivity contribution < 1.29 is 13.7 Å². The first-order valence-corrected chi connectivity index (χ1v) is 9.54. The summed E-state index contributed by atoms with van der Waals surface area (Å²) in [4.78, 5) is 29.1. The third-order valence-electron chi connectivity index (χ3n) is 4.77. The number of hydrogen-bond acceptors (Lipinski definition) is 5. The van der Waals surface area contributed by atoms with Gasteiger partial charge < -0.3 is 9.84 Å². The molecule has 2 heterocycles. The standard InChI is InChI=1S/C22H19FN4O3/c1-2-14-6-8-15(9-7-14)19-20-21(30-26-19)22(29)27(13-24-20)11-10-18(28)25-17-5-3-4-16(23)12-17/h3-9,12-13H,2,10-11H2,1H3,(H,25,28). The Morgan fingerprint density at radius 3 is 2.73 bits per heavy atom. The number of hydrogen-bond donors (Lipinski definition) is 1. The van der Waals surface area contributed by atoms with Crippen LogP contribution in [0.3, 0.4) is 0 Å². The van der Waals surface area contributed by atoms with E-state index in [0.29, 0.717) is 16.9 Å². The van der Waals surface area contributed by atoms with Gasteiger partial charge in [-0.05, 0) is 30.2 Å². The summed E-state index contributed by atoms with van der Waals surface area (Å²) in [5, 5.41) is 6.61. The van der Waals surface area contributed by atoms with Gasteiger partial charge in [-0.1, -0.05) is 42.4 Å². The summed E-state index contributed by atoms with van der Waals surface area (Å²) >= 11 is 0. The molecule has 4 rings (SSSR count). The number of amides is 1. The number of halogens is 1. The van der Waals surface area contributed by atoms with Gasteiger partial charge in [0.05, 0.1) is 6.33 Å². The Balaban J connectivity index is 1.51. The fraction of sp³-hybridized carbons (Fsp3) is 0.182. The molecule has 0 aliphatic carbocycles. The van der Waals surface area contributed by atoms with Crippen LogP contribution in [0.1, 0.15) is 18.9 Å². The van der Waals surface area contributed by atoms with Gasteiger partial charge in [0.2, 0.25) is 5.91 Å². The molecular formula is C22H19FN4O3. The summed E-state index contributed by atoms with van der Waals surface area (Å²) < 4.78 is 19.8. The molecule has 0 saturated heterocycles. The van der Waals surface area contributed by atoms with Crippen LogP contribution >= 0.6 is 0 Å². The van der Waals surface area contributed by atoms with Crippen molar-refractivity contribution in [2.75, 3.05) is 5.32 Å². The Morgan fingerprint density at radius 1 is 1.20 bits per heavy atom. The van der Waals surface area contributed by atoms with Crippen LogP contribution in [-0.2, 0) is 17.8 Å². The van der Waals surface area contributed by atoms with E-state index in [4.69, 9.17) is 4.52 Å². The van der Waals surface area contributed by atoms with Crippen molar-refractivity contribution in [1.29, 1.82) is 0 Å². The van der Waals surface area contributed by atoms with E-state index in [-0.39, 0.29) is 24.5 Å². The molecule has 8 heteroatoms. The van der Waals surface area contributed by atoms with Gasteiger partial charge in [-0.25, -0.2) is 9.37 Å². The molecule has 7 nitrogen and oxygen atoms in total. The number of carbonyl (C=O) groups excluding carboxylic acids is 1. The van der Waals surface area contributed by atoms with Gasteiger partial charge in [0.1, 0.15) is 17.0 Å². The van der Waals surface area contributed by atoms with E-state index in [1.165, 1.54) is 34.7 Å². The largest absolute Gasteiger partial charge is 0.348 e. The van der Waals surface area contributed by atoms with Gasteiger partial charge in [-0.15, -0.1) is 0 Å². The van der Waals surface area contributed by atoms with Crippen LogP contribution in [0, 0.1) is 5.82 Å². The average molecular weight is 406 g/mol. The molecule has 0 bridgehead atoms. The molecule has 152 valence electrons. The monoisotopic (exact) mass is 406 g/mol. The van der Waals surface area contributed by atoms with Gasteiger partial charge in [0.25, 0.3) is 11.1 Å². The lowest BCUT2D eigenvalue weighted by molar-refractivity contribution is -0.116. The van der Waals surface area contributed by atoms with Crippen molar-refractivity contribution >= 4 is 22.7 Å². The zero-order chi connectivity index (χ0) is 21.1. The van der Waals surface area contributed by atoms with Gasteiger partial charge in [0, 0.05) is 24.2 Å². The minimum Gasteiger partial charge on any atom is -0.348 e. The molecule has 30 heavy (non-hydrogen) atoms. The Morgan fingerprint density at radius 2 is 2.00 bits per heavy atom. The summed E-state index contributed by atoms with van der Waals surface area (Å²) in [6.07, 6.45) is 2.32. The fourth-order valence-electron chi connectivity index (χ4n) is 3.11. The van der Waals surface area contributed by atoms with Crippen LogP contribution < -0.4 is 10.9 Å². The molecule has 0 unspecified atom stereocenters. The first-order chi connectivity index (χ1) is 14.5. The normalized spacial score (nSPS) is 11.0. The molecule has 0 aliphatic rings. The second-order valence-electron chi connectivity index (χ2n) is 6.81. The SMILES string of the molecule is CCc1ccc(-c2noc3c(=O)n(CCC(=O)Nc4cccc(F)c4)cnc23)cc1. The Hall–Kier alpha value is -3.81. The molecule has 0 saturated carbocycles. The summed E-state index contributed by atoms with van der Waals surface area (Å²) in [5.41, 5.74) is 2.86. The molecule has 2 aromatic carbocycles. The molecule has 0 radical (unpaired) electrons. The van der Waals surface area contributed by atoms with Gasteiger partial charge in [-0.3, -0.25) is 14.2 Å². The molecule has 1 N–H and O–H groups in total. The van der Waals surface area contributed by atoms with Gasteiger partial charge in [0.15, 0.2) is 0 Å². The van der Waals surface area contributed by atoms with Crippen molar-refractivity contribution in [2.45, 2.75) is 26.3 Å². The molecule has 0 spiro atoms. The third kappa shape index (κ3) is 3.98. The van der Waals surface area contributed by atoms with E-state index in [1.807, 2.05) is 24.3 Å². The quantitative estimate of drug-likeness (QED) is 0.526. The maximum Gasteiger partial charge on any atom is 0.299 e. The number of benzene rings is 2. The van der Waals surface area contributed by atoms with Crippen molar-refractivity contribution in [3.05, 3.63) is 76.6 Å². The number of aryl methyl sites for hydroxylation is 2. The van der Waals surface area contributed by atoms with Crippen LogP contribution in [0.15, 0.2) is 64.2 Å². The second kappa shape index (κ2) is 8.28. The van der Waals surface area contributed by atoms with Crippen LogP contribution in [0.25, 0.3) is 22.4 Å². The summed E-state index contributed by atoms with van der Waals surface area (Å²) in [6, 6.07) is 13.4. The Kier molecular flexibility index (Phi) is 5.38. The maximum atomic E-state index is 13.2. The molecule has 4 aromatic rings. The minimum atomic E-state index is -0.441. The van der Waals surface area contributed by atoms with E-state index in [0.717, 1.165) is 12.0 Å². The lowest BCUT2D eigenvalue weighted by Gasteiger charge is -2.07. The number of rotatable bonds is 6. The molecule has 2 aromatic heterocycles. The highest BCUT2D eigenvalue weighted by Crippen LogP contribution is 2.24. The summed E-state index contributed by atoms with van der Waals surface area (Å²) in [6.45, 7) is 2.17. The van der Waals surface area contributed by atoms with Gasteiger partial charge >= 0.3 is 0 Å². The average Bonchev–Trinajstić information content (AvgIpc) is 3.18. The smallest absolute Gasteiger partial charge is 0.299 e. The maximum absolute atomic E-state index is 13.2. The first kappa shape index (κ1) is 19.5. The third-order valence-corrected chi connectivity index (χ3v) is 4.77. The number of aromatic nitrogens is 3. The Labute approximate surface area is 171 Å². The number of anilines is 1. The van der Waals surface area contributed by atoms with Crippen LogP contribution in [0.2, 0.25) is 0 Å². The number of carbonyl (C=O) groups is 1. The first-order valence-electron chi connectivity index (χ1n) is 9.54. The van der Waals surface area contributed by atoms with Crippen LogP contribution in [0.4, 0.5) is 10.1 Å². The highest BCUT2D eigenvalue weighted by Gasteiger charge is 2.16. The van der Waals surface area contributed by atoms with E-state index in [2.05, 4.69) is 22.4 Å².